The molecular formula is C19H19N3O2. The van der Waals surface area contributed by atoms with E-state index in [0.717, 1.165) is 5.56 Å². The number of ether oxygens (including phenoxy) is 1. The summed E-state index contributed by atoms with van der Waals surface area (Å²) >= 11 is 0. The molecule has 1 N–H and O–H groups in total. The molecule has 0 saturated carbocycles. The zero-order valence-corrected chi connectivity index (χ0v) is 13.4. The van der Waals surface area contributed by atoms with E-state index in [1.54, 1.807) is 25.4 Å². The first-order valence-corrected chi connectivity index (χ1v) is 7.73. The van der Waals surface area contributed by atoms with E-state index in [1.165, 1.54) is 0 Å². The van der Waals surface area contributed by atoms with Gasteiger partial charge in [-0.25, -0.2) is 4.98 Å². The van der Waals surface area contributed by atoms with Crippen molar-refractivity contribution < 1.29 is 9.53 Å². The molecule has 0 saturated heterocycles. The van der Waals surface area contributed by atoms with Crippen molar-refractivity contribution in [1.82, 2.24) is 9.55 Å². The zero-order chi connectivity index (χ0) is 16.8. The molecule has 0 fully saturated rings. The number of aromatic nitrogens is 2. The van der Waals surface area contributed by atoms with Crippen LogP contribution in [0.15, 0.2) is 73.2 Å². The Kier molecular flexibility index (Phi) is 4.91. The summed E-state index contributed by atoms with van der Waals surface area (Å²) in [5.74, 6) is 0.451. The van der Waals surface area contributed by atoms with Gasteiger partial charge in [0.2, 0.25) is 11.8 Å². The van der Waals surface area contributed by atoms with E-state index in [-0.39, 0.29) is 11.9 Å². The van der Waals surface area contributed by atoms with E-state index in [0.29, 0.717) is 18.0 Å². The van der Waals surface area contributed by atoms with Crippen molar-refractivity contribution in [2.75, 3.05) is 12.4 Å². The van der Waals surface area contributed by atoms with Crippen molar-refractivity contribution in [3.05, 3.63) is 78.8 Å². The quantitative estimate of drug-likeness (QED) is 0.756. The lowest BCUT2D eigenvalue weighted by molar-refractivity contribution is -0.116. The van der Waals surface area contributed by atoms with Crippen LogP contribution in [0.3, 0.4) is 0 Å². The highest BCUT2D eigenvalue weighted by molar-refractivity contribution is 5.91. The third-order valence-corrected chi connectivity index (χ3v) is 3.78. The molecule has 24 heavy (non-hydrogen) atoms. The molecule has 1 aromatic carbocycles. The Morgan fingerprint density at radius 1 is 1.12 bits per heavy atom. The average Bonchev–Trinajstić information content (AvgIpc) is 3.15. The van der Waals surface area contributed by atoms with Crippen LogP contribution in [0.1, 0.15) is 18.0 Å². The number of anilines is 1. The summed E-state index contributed by atoms with van der Waals surface area (Å²) in [6.45, 7) is 0. The highest BCUT2D eigenvalue weighted by Gasteiger charge is 2.17. The summed E-state index contributed by atoms with van der Waals surface area (Å²) in [4.78, 5) is 16.6. The van der Waals surface area contributed by atoms with E-state index < -0.39 is 0 Å². The maximum Gasteiger partial charge on any atom is 0.226 e. The molecule has 0 radical (unpaired) electrons. The molecule has 0 bridgehead atoms. The minimum atomic E-state index is -0.0653. The minimum Gasteiger partial charge on any atom is -0.481 e. The first-order chi connectivity index (χ1) is 11.8. The van der Waals surface area contributed by atoms with Gasteiger partial charge in [-0.15, -0.1) is 0 Å². The number of carbonyl (C=O) groups is 1. The predicted octanol–water partition coefficient (Wildman–Crippen LogP) is 3.51. The van der Waals surface area contributed by atoms with Crippen LogP contribution in [0.4, 0.5) is 5.69 Å². The monoisotopic (exact) mass is 321 g/mol. The van der Waals surface area contributed by atoms with Crippen LogP contribution in [-0.4, -0.2) is 22.6 Å². The van der Waals surface area contributed by atoms with Crippen molar-refractivity contribution in [1.29, 1.82) is 0 Å². The molecule has 0 aliphatic carbocycles. The Hall–Kier alpha value is -3.08. The highest BCUT2D eigenvalue weighted by Crippen LogP contribution is 2.23. The first-order valence-electron chi connectivity index (χ1n) is 7.73. The molecule has 122 valence electrons. The molecule has 5 nitrogen and oxygen atoms in total. The Labute approximate surface area is 140 Å². The molecule has 5 heteroatoms. The minimum absolute atomic E-state index is 0.0487. The number of nitrogens with zero attached hydrogens (tertiary/aromatic N) is 2. The van der Waals surface area contributed by atoms with Crippen LogP contribution in [-0.2, 0) is 4.79 Å². The lowest BCUT2D eigenvalue weighted by Crippen LogP contribution is -2.19. The number of hydrogen-bond donors (Lipinski definition) is 1. The topological polar surface area (TPSA) is 56.1 Å². The van der Waals surface area contributed by atoms with Crippen LogP contribution in [0.25, 0.3) is 0 Å². The van der Waals surface area contributed by atoms with Gasteiger partial charge in [-0.2, -0.15) is 0 Å². The standard InChI is InChI=1S/C19H19N3O2/c1-24-19-10-9-16(14-20-19)21-18(23)13-17(22-11-5-6-12-22)15-7-3-2-4-8-15/h2-12,14,17H,13H2,1H3,(H,21,23)/t17-/m1/s1. The summed E-state index contributed by atoms with van der Waals surface area (Å²) in [5.41, 5.74) is 1.75. The van der Waals surface area contributed by atoms with Gasteiger partial charge in [-0.05, 0) is 23.8 Å². The van der Waals surface area contributed by atoms with Crippen molar-refractivity contribution in [3.8, 4) is 5.88 Å². The van der Waals surface area contributed by atoms with Gasteiger partial charge in [0.05, 0.1) is 31.5 Å². The Balaban J connectivity index is 1.73. The van der Waals surface area contributed by atoms with Gasteiger partial charge < -0.3 is 14.6 Å². The number of amides is 1. The Bertz CT molecular complexity index is 768. The number of carbonyl (C=O) groups excluding carboxylic acids is 1. The van der Waals surface area contributed by atoms with Crippen molar-refractivity contribution >= 4 is 11.6 Å². The zero-order valence-electron chi connectivity index (χ0n) is 13.4. The number of pyridine rings is 1. The van der Waals surface area contributed by atoms with Crippen LogP contribution in [0.2, 0.25) is 0 Å². The van der Waals surface area contributed by atoms with E-state index in [1.807, 2.05) is 59.4 Å². The normalized spacial score (nSPS) is 11.7. The van der Waals surface area contributed by atoms with Crippen LogP contribution in [0, 0.1) is 0 Å². The summed E-state index contributed by atoms with van der Waals surface area (Å²) in [5, 5.41) is 2.89. The number of methoxy groups -OCH3 is 1. The predicted molar refractivity (Wildman–Crippen MR) is 93.0 cm³/mol. The molecule has 3 aromatic rings. The summed E-state index contributed by atoms with van der Waals surface area (Å²) in [6, 6.07) is 17.4. The third-order valence-electron chi connectivity index (χ3n) is 3.78. The Morgan fingerprint density at radius 3 is 2.50 bits per heavy atom. The maximum absolute atomic E-state index is 12.5. The van der Waals surface area contributed by atoms with E-state index in [2.05, 4.69) is 10.3 Å². The molecule has 0 aliphatic rings. The van der Waals surface area contributed by atoms with Gasteiger partial charge in [-0.3, -0.25) is 4.79 Å². The number of nitrogens with one attached hydrogen (secondary N) is 1. The van der Waals surface area contributed by atoms with Gasteiger partial charge in [-0.1, -0.05) is 30.3 Å². The van der Waals surface area contributed by atoms with Gasteiger partial charge in [0, 0.05) is 18.5 Å². The van der Waals surface area contributed by atoms with Gasteiger partial charge in [0.1, 0.15) is 0 Å². The second-order valence-electron chi connectivity index (χ2n) is 5.40. The summed E-state index contributed by atoms with van der Waals surface area (Å²) in [7, 11) is 1.56. The molecular weight excluding hydrogens is 302 g/mol. The summed E-state index contributed by atoms with van der Waals surface area (Å²) < 4.78 is 7.06. The number of hydrogen-bond acceptors (Lipinski definition) is 3. The first kappa shape index (κ1) is 15.8. The SMILES string of the molecule is COc1ccc(NC(=O)C[C@H](c2ccccc2)n2cccc2)cn1. The summed E-state index contributed by atoms with van der Waals surface area (Å²) in [6.07, 6.45) is 5.87. The fourth-order valence-electron chi connectivity index (χ4n) is 2.59. The number of rotatable bonds is 6. The third kappa shape index (κ3) is 3.81. The van der Waals surface area contributed by atoms with Crippen molar-refractivity contribution in [3.63, 3.8) is 0 Å². The molecule has 0 aliphatic heterocycles. The fraction of sp³-hybridized carbons (Fsp3) is 0.158. The largest absolute Gasteiger partial charge is 0.481 e. The number of benzene rings is 1. The molecule has 1 atom stereocenters. The van der Waals surface area contributed by atoms with Crippen LogP contribution < -0.4 is 10.1 Å². The average molecular weight is 321 g/mol. The molecule has 2 aromatic heterocycles. The molecule has 2 heterocycles. The molecule has 0 unspecified atom stereocenters. The second kappa shape index (κ2) is 7.46. The van der Waals surface area contributed by atoms with Gasteiger partial charge in [0.15, 0.2) is 0 Å². The van der Waals surface area contributed by atoms with Crippen LogP contribution in [0.5, 0.6) is 5.88 Å². The maximum atomic E-state index is 12.5. The smallest absolute Gasteiger partial charge is 0.226 e. The van der Waals surface area contributed by atoms with E-state index >= 15 is 0 Å². The van der Waals surface area contributed by atoms with Crippen molar-refractivity contribution in [2.24, 2.45) is 0 Å². The Morgan fingerprint density at radius 2 is 1.88 bits per heavy atom. The van der Waals surface area contributed by atoms with E-state index in [4.69, 9.17) is 4.74 Å². The molecule has 1 amide bonds. The fourth-order valence-corrected chi connectivity index (χ4v) is 2.59. The van der Waals surface area contributed by atoms with Gasteiger partial charge in [0.25, 0.3) is 0 Å². The lowest BCUT2D eigenvalue weighted by atomic mass is 10.0. The van der Waals surface area contributed by atoms with Crippen molar-refractivity contribution in [2.45, 2.75) is 12.5 Å². The molecule has 0 spiro atoms. The van der Waals surface area contributed by atoms with E-state index in [9.17, 15) is 4.79 Å². The van der Waals surface area contributed by atoms with Gasteiger partial charge >= 0.3 is 0 Å². The second-order valence-corrected chi connectivity index (χ2v) is 5.40. The lowest BCUT2D eigenvalue weighted by Gasteiger charge is -2.19. The molecule has 3 rings (SSSR count). The highest BCUT2D eigenvalue weighted by atomic mass is 16.5. The van der Waals surface area contributed by atoms with Crippen LogP contribution >= 0.6 is 0 Å².